The van der Waals surface area contributed by atoms with E-state index in [0.717, 1.165) is 5.56 Å². The van der Waals surface area contributed by atoms with Crippen molar-refractivity contribution in [2.45, 2.75) is 12.5 Å². The minimum absolute atomic E-state index is 0.0465. The molecule has 1 unspecified atom stereocenters. The molecule has 5 nitrogen and oxygen atoms in total. The summed E-state index contributed by atoms with van der Waals surface area (Å²) in [5, 5.41) is 21.2. The van der Waals surface area contributed by atoms with Gasteiger partial charge in [-0.25, -0.2) is 0 Å². The van der Waals surface area contributed by atoms with E-state index in [1.165, 1.54) is 0 Å². The number of aliphatic hydroxyl groups is 1. The number of rotatable bonds is 7. The summed E-state index contributed by atoms with van der Waals surface area (Å²) >= 11 is 0. The highest BCUT2D eigenvalue weighted by molar-refractivity contribution is 5.66. The molecule has 0 aliphatic carbocycles. The number of nitrogens with one attached hydrogen (secondary N) is 1. The molecule has 17 heavy (non-hydrogen) atoms. The molecule has 1 atom stereocenters. The zero-order valence-electron chi connectivity index (χ0n) is 9.72. The van der Waals surface area contributed by atoms with Crippen LogP contribution in [-0.4, -0.2) is 36.4 Å². The number of carboxylic acids is 1. The Hall–Kier alpha value is -1.59. The van der Waals surface area contributed by atoms with Gasteiger partial charge in [0.15, 0.2) is 0 Å². The van der Waals surface area contributed by atoms with Crippen LogP contribution in [0.4, 0.5) is 0 Å². The lowest BCUT2D eigenvalue weighted by atomic mass is 10.1. The van der Waals surface area contributed by atoms with E-state index in [2.05, 4.69) is 5.32 Å². The van der Waals surface area contributed by atoms with Gasteiger partial charge in [0.2, 0.25) is 0 Å². The lowest BCUT2D eigenvalue weighted by Gasteiger charge is -2.12. The van der Waals surface area contributed by atoms with Crippen molar-refractivity contribution in [1.29, 1.82) is 0 Å². The molecule has 0 saturated carbocycles. The summed E-state index contributed by atoms with van der Waals surface area (Å²) in [6.07, 6.45) is -0.621. The third-order valence-corrected chi connectivity index (χ3v) is 2.33. The standard InChI is InChI=1S/C12H17NO4/c1-17-10-4-2-3-9(7-10)11(14)8-13-6-5-12(15)16/h2-4,7,11,13-14H,5-6,8H2,1H3,(H,15,16). The second kappa shape index (κ2) is 6.88. The summed E-state index contributed by atoms with van der Waals surface area (Å²) in [4.78, 5) is 10.3. The topological polar surface area (TPSA) is 78.8 Å². The van der Waals surface area contributed by atoms with Gasteiger partial charge in [0.25, 0.3) is 0 Å². The number of aliphatic carboxylic acids is 1. The predicted molar refractivity (Wildman–Crippen MR) is 63.1 cm³/mol. The maximum Gasteiger partial charge on any atom is 0.304 e. The van der Waals surface area contributed by atoms with Crippen LogP contribution in [0, 0.1) is 0 Å². The Bertz CT molecular complexity index is 367. The van der Waals surface area contributed by atoms with Gasteiger partial charge in [0.1, 0.15) is 5.75 Å². The largest absolute Gasteiger partial charge is 0.497 e. The molecule has 0 bridgehead atoms. The van der Waals surface area contributed by atoms with Gasteiger partial charge in [-0.1, -0.05) is 12.1 Å². The second-order valence-corrected chi connectivity index (χ2v) is 3.64. The van der Waals surface area contributed by atoms with Crippen molar-refractivity contribution in [2.24, 2.45) is 0 Å². The summed E-state index contributed by atoms with van der Waals surface area (Å²) in [6.45, 7) is 0.664. The number of carboxylic acid groups (broad SMARTS) is 1. The fraction of sp³-hybridized carbons (Fsp3) is 0.417. The zero-order valence-corrected chi connectivity index (χ0v) is 9.72. The Kier molecular flexibility index (Phi) is 5.45. The maximum atomic E-state index is 10.3. The van der Waals surface area contributed by atoms with Gasteiger partial charge in [-0.2, -0.15) is 0 Å². The summed E-state index contributed by atoms with van der Waals surface area (Å²) in [7, 11) is 1.57. The van der Waals surface area contributed by atoms with E-state index in [9.17, 15) is 9.90 Å². The first-order chi connectivity index (χ1) is 8.13. The van der Waals surface area contributed by atoms with Crippen molar-refractivity contribution in [2.75, 3.05) is 20.2 Å². The SMILES string of the molecule is COc1cccc(C(O)CNCCC(=O)O)c1. The van der Waals surface area contributed by atoms with Crippen LogP contribution < -0.4 is 10.1 Å². The third kappa shape index (κ3) is 4.84. The van der Waals surface area contributed by atoms with Crippen molar-refractivity contribution in [3.05, 3.63) is 29.8 Å². The van der Waals surface area contributed by atoms with Gasteiger partial charge >= 0.3 is 5.97 Å². The Balaban J connectivity index is 2.40. The van der Waals surface area contributed by atoms with Gasteiger partial charge in [-0.05, 0) is 17.7 Å². The molecule has 0 aliphatic heterocycles. The molecule has 0 aromatic heterocycles. The van der Waals surface area contributed by atoms with Gasteiger partial charge in [0, 0.05) is 13.1 Å². The van der Waals surface area contributed by atoms with Crippen LogP contribution >= 0.6 is 0 Å². The molecule has 1 aromatic carbocycles. The van der Waals surface area contributed by atoms with E-state index in [4.69, 9.17) is 9.84 Å². The summed E-state index contributed by atoms with van der Waals surface area (Å²) in [5.74, 6) is -0.166. The summed E-state index contributed by atoms with van der Waals surface area (Å²) < 4.78 is 5.05. The van der Waals surface area contributed by atoms with Gasteiger partial charge < -0.3 is 20.3 Å². The first-order valence-electron chi connectivity index (χ1n) is 5.38. The van der Waals surface area contributed by atoms with Crippen LogP contribution in [-0.2, 0) is 4.79 Å². The van der Waals surface area contributed by atoms with Crippen LogP contribution in [0.15, 0.2) is 24.3 Å². The normalized spacial score (nSPS) is 12.1. The molecule has 5 heteroatoms. The average molecular weight is 239 g/mol. The summed E-state index contributed by atoms with van der Waals surface area (Å²) in [5.41, 5.74) is 0.743. The molecule has 0 spiro atoms. The molecule has 0 heterocycles. The van der Waals surface area contributed by atoms with Crippen molar-refractivity contribution in [3.63, 3.8) is 0 Å². The molecule has 0 fully saturated rings. The van der Waals surface area contributed by atoms with E-state index in [1.54, 1.807) is 31.4 Å². The quantitative estimate of drug-likeness (QED) is 0.613. The average Bonchev–Trinajstić information content (AvgIpc) is 2.34. The molecular weight excluding hydrogens is 222 g/mol. The van der Waals surface area contributed by atoms with Crippen molar-refractivity contribution in [3.8, 4) is 5.75 Å². The summed E-state index contributed by atoms with van der Waals surface area (Å²) in [6, 6.07) is 7.15. The van der Waals surface area contributed by atoms with E-state index in [-0.39, 0.29) is 6.42 Å². The Morgan fingerprint density at radius 3 is 2.94 bits per heavy atom. The lowest BCUT2D eigenvalue weighted by Crippen LogP contribution is -2.24. The zero-order chi connectivity index (χ0) is 12.7. The number of hydrogen-bond donors (Lipinski definition) is 3. The maximum absolute atomic E-state index is 10.3. The van der Waals surface area contributed by atoms with E-state index in [0.29, 0.717) is 18.8 Å². The molecule has 0 aliphatic rings. The minimum Gasteiger partial charge on any atom is -0.497 e. The Morgan fingerprint density at radius 2 is 2.29 bits per heavy atom. The van der Waals surface area contributed by atoms with Crippen LogP contribution in [0.25, 0.3) is 0 Å². The van der Waals surface area contributed by atoms with Crippen LogP contribution in [0.1, 0.15) is 18.1 Å². The van der Waals surface area contributed by atoms with E-state index >= 15 is 0 Å². The second-order valence-electron chi connectivity index (χ2n) is 3.64. The molecular formula is C12H17NO4. The first-order valence-corrected chi connectivity index (χ1v) is 5.38. The fourth-order valence-electron chi connectivity index (χ4n) is 1.40. The number of carbonyl (C=O) groups is 1. The van der Waals surface area contributed by atoms with Crippen molar-refractivity contribution >= 4 is 5.97 Å². The van der Waals surface area contributed by atoms with Crippen LogP contribution in [0.3, 0.4) is 0 Å². The molecule has 0 radical (unpaired) electrons. The van der Waals surface area contributed by atoms with Crippen molar-refractivity contribution in [1.82, 2.24) is 5.32 Å². The highest BCUT2D eigenvalue weighted by atomic mass is 16.5. The third-order valence-electron chi connectivity index (χ3n) is 2.33. The molecule has 0 saturated heterocycles. The molecule has 94 valence electrons. The van der Waals surface area contributed by atoms with E-state index < -0.39 is 12.1 Å². The fourth-order valence-corrected chi connectivity index (χ4v) is 1.40. The Morgan fingerprint density at radius 1 is 1.53 bits per heavy atom. The highest BCUT2D eigenvalue weighted by Crippen LogP contribution is 2.18. The lowest BCUT2D eigenvalue weighted by molar-refractivity contribution is -0.136. The van der Waals surface area contributed by atoms with Crippen molar-refractivity contribution < 1.29 is 19.7 Å². The van der Waals surface area contributed by atoms with Gasteiger partial charge in [-0.3, -0.25) is 4.79 Å². The van der Waals surface area contributed by atoms with Gasteiger partial charge in [-0.15, -0.1) is 0 Å². The molecule has 1 aromatic rings. The number of aliphatic hydroxyl groups excluding tert-OH is 1. The highest BCUT2D eigenvalue weighted by Gasteiger charge is 2.08. The molecule has 3 N–H and O–H groups in total. The van der Waals surface area contributed by atoms with E-state index in [1.807, 2.05) is 0 Å². The molecule has 1 rings (SSSR count). The smallest absolute Gasteiger partial charge is 0.304 e. The number of hydrogen-bond acceptors (Lipinski definition) is 4. The predicted octanol–water partition coefficient (Wildman–Crippen LogP) is 0.793. The number of ether oxygens (including phenoxy) is 1. The number of methoxy groups -OCH3 is 1. The monoisotopic (exact) mass is 239 g/mol. The minimum atomic E-state index is -0.853. The van der Waals surface area contributed by atoms with Gasteiger partial charge in [0.05, 0.1) is 19.6 Å². The first kappa shape index (κ1) is 13.5. The number of benzene rings is 1. The Labute approximate surface area is 100 Å². The van der Waals surface area contributed by atoms with Crippen LogP contribution in [0.2, 0.25) is 0 Å². The van der Waals surface area contributed by atoms with Crippen LogP contribution in [0.5, 0.6) is 5.75 Å². The molecule has 0 amide bonds.